The molecule has 0 unspecified atom stereocenters. The molecule has 164 valence electrons. The summed E-state index contributed by atoms with van der Waals surface area (Å²) in [6, 6.07) is 23.9. The average molecular weight is 431 g/mol. The van der Waals surface area contributed by atoms with Gasteiger partial charge in [-0.05, 0) is 34.9 Å². The Morgan fingerprint density at radius 3 is 2.38 bits per heavy atom. The molecule has 1 heterocycles. The number of ether oxygens (including phenoxy) is 2. The number of nitrogens with one attached hydrogen (secondary N) is 1. The Morgan fingerprint density at radius 1 is 0.969 bits per heavy atom. The smallest absolute Gasteiger partial charge is 0.290 e. The summed E-state index contributed by atoms with van der Waals surface area (Å²) in [5, 5.41) is 21.9. The predicted octanol–water partition coefficient (Wildman–Crippen LogP) is 4.45. The van der Waals surface area contributed by atoms with Gasteiger partial charge >= 0.3 is 0 Å². The molecule has 0 spiro atoms. The zero-order valence-electron chi connectivity index (χ0n) is 17.5. The lowest BCUT2D eigenvalue weighted by atomic mass is 9.93. The number of allylic oxidation sites excluding steroid dienone is 1. The molecule has 0 saturated carbocycles. The molecule has 1 aliphatic heterocycles. The number of aliphatic hydroxyl groups excluding tert-OH is 1. The molecule has 0 saturated heterocycles. The van der Waals surface area contributed by atoms with Gasteiger partial charge in [-0.1, -0.05) is 66.7 Å². The molecule has 1 aliphatic rings. The van der Waals surface area contributed by atoms with Crippen LogP contribution in [-0.2, 0) is 27.5 Å². The topological polar surface area (TPSA) is 88.0 Å². The molecule has 6 nitrogen and oxygen atoms in total. The number of phenols is 1. The highest BCUT2D eigenvalue weighted by Gasteiger charge is 2.29. The van der Waals surface area contributed by atoms with E-state index < -0.39 is 12.2 Å². The fourth-order valence-corrected chi connectivity index (χ4v) is 3.54. The van der Waals surface area contributed by atoms with Gasteiger partial charge in [0.25, 0.3) is 5.91 Å². The van der Waals surface area contributed by atoms with E-state index in [0.717, 1.165) is 16.7 Å². The SMILES string of the molecule is O=C(Nc1ccccc1O)C1=C[C@@H](c2ccccc2)C[C@@H](OCc2ccc(CO)cc2)O1. The Bertz CT molecular complexity index is 1080. The number of aliphatic hydroxyl groups is 1. The van der Waals surface area contributed by atoms with Crippen molar-refractivity contribution in [1.82, 2.24) is 0 Å². The quantitative estimate of drug-likeness (QED) is 0.481. The molecule has 0 radical (unpaired) electrons. The molecule has 6 heteroatoms. The second-order valence-corrected chi connectivity index (χ2v) is 7.59. The number of anilines is 1. The number of rotatable bonds is 7. The van der Waals surface area contributed by atoms with Gasteiger partial charge in [-0.15, -0.1) is 0 Å². The molecule has 1 amide bonds. The molecule has 3 aromatic carbocycles. The summed E-state index contributed by atoms with van der Waals surface area (Å²) >= 11 is 0. The highest BCUT2D eigenvalue weighted by molar-refractivity contribution is 6.03. The lowest BCUT2D eigenvalue weighted by Gasteiger charge is -2.29. The first kappa shape index (κ1) is 21.6. The van der Waals surface area contributed by atoms with Crippen molar-refractivity contribution < 1.29 is 24.5 Å². The van der Waals surface area contributed by atoms with Gasteiger partial charge in [0.2, 0.25) is 6.29 Å². The van der Waals surface area contributed by atoms with E-state index in [9.17, 15) is 15.0 Å². The molecule has 3 aromatic rings. The first-order chi connectivity index (χ1) is 15.6. The number of hydrogen-bond acceptors (Lipinski definition) is 5. The predicted molar refractivity (Wildman–Crippen MR) is 121 cm³/mol. The second kappa shape index (κ2) is 10.1. The molecule has 4 rings (SSSR count). The van der Waals surface area contributed by atoms with Gasteiger partial charge < -0.3 is 25.0 Å². The van der Waals surface area contributed by atoms with Crippen LogP contribution in [0.2, 0.25) is 0 Å². The van der Waals surface area contributed by atoms with Crippen molar-refractivity contribution in [2.45, 2.75) is 31.8 Å². The number of phenolic OH excluding ortho intramolecular Hbond substituents is 1. The van der Waals surface area contributed by atoms with Gasteiger partial charge in [-0.3, -0.25) is 4.79 Å². The monoisotopic (exact) mass is 431 g/mol. The highest BCUT2D eigenvalue weighted by Crippen LogP contribution is 2.32. The molecule has 0 aliphatic carbocycles. The van der Waals surface area contributed by atoms with Crippen LogP contribution >= 0.6 is 0 Å². The second-order valence-electron chi connectivity index (χ2n) is 7.59. The van der Waals surface area contributed by atoms with E-state index in [-0.39, 0.29) is 24.0 Å². The van der Waals surface area contributed by atoms with Gasteiger partial charge in [0.15, 0.2) is 5.76 Å². The van der Waals surface area contributed by atoms with Crippen molar-refractivity contribution in [1.29, 1.82) is 0 Å². The Hall–Kier alpha value is -3.61. The van der Waals surface area contributed by atoms with Gasteiger partial charge in [0.05, 0.1) is 18.9 Å². The number of aromatic hydroxyl groups is 1. The fourth-order valence-electron chi connectivity index (χ4n) is 3.54. The number of benzene rings is 3. The largest absolute Gasteiger partial charge is 0.506 e. The molecule has 0 bridgehead atoms. The number of para-hydroxylation sites is 2. The van der Waals surface area contributed by atoms with E-state index >= 15 is 0 Å². The van der Waals surface area contributed by atoms with Crippen LogP contribution in [0.4, 0.5) is 5.69 Å². The van der Waals surface area contributed by atoms with E-state index in [4.69, 9.17) is 9.47 Å². The van der Waals surface area contributed by atoms with Crippen LogP contribution < -0.4 is 5.32 Å². The molecule has 0 aromatic heterocycles. The van der Waals surface area contributed by atoms with Crippen molar-refractivity contribution in [3.05, 3.63) is 107 Å². The maximum absolute atomic E-state index is 12.9. The van der Waals surface area contributed by atoms with Crippen LogP contribution in [0.5, 0.6) is 5.75 Å². The van der Waals surface area contributed by atoms with E-state index in [1.807, 2.05) is 54.6 Å². The van der Waals surface area contributed by atoms with Crippen LogP contribution in [0.25, 0.3) is 0 Å². The zero-order valence-corrected chi connectivity index (χ0v) is 17.5. The van der Waals surface area contributed by atoms with E-state index in [1.54, 1.807) is 24.3 Å². The highest BCUT2D eigenvalue weighted by atomic mass is 16.7. The van der Waals surface area contributed by atoms with Gasteiger partial charge in [-0.25, -0.2) is 0 Å². The number of hydrogen-bond donors (Lipinski definition) is 3. The number of amides is 1. The summed E-state index contributed by atoms with van der Waals surface area (Å²) in [7, 11) is 0. The number of carbonyl (C=O) groups is 1. The Labute approximate surface area is 186 Å². The third kappa shape index (κ3) is 5.35. The summed E-state index contributed by atoms with van der Waals surface area (Å²) in [6.07, 6.45) is 1.74. The summed E-state index contributed by atoms with van der Waals surface area (Å²) in [5.74, 6) is -0.380. The molecular formula is C26H25NO5. The van der Waals surface area contributed by atoms with Gasteiger partial charge in [0, 0.05) is 12.3 Å². The maximum Gasteiger partial charge on any atom is 0.290 e. The molecule has 0 fully saturated rings. The van der Waals surface area contributed by atoms with Crippen LogP contribution in [0.15, 0.2) is 90.7 Å². The molecular weight excluding hydrogens is 406 g/mol. The lowest BCUT2D eigenvalue weighted by Crippen LogP contribution is -2.29. The van der Waals surface area contributed by atoms with Gasteiger partial charge in [-0.2, -0.15) is 0 Å². The summed E-state index contributed by atoms with van der Waals surface area (Å²) in [4.78, 5) is 12.9. The summed E-state index contributed by atoms with van der Waals surface area (Å²) in [5.41, 5.74) is 3.14. The Balaban J connectivity index is 1.50. The van der Waals surface area contributed by atoms with E-state index in [2.05, 4.69) is 5.32 Å². The van der Waals surface area contributed by atoms with Crippen molar-refractivity contribution in [2.75, 3.05) is 5.32 Å². The number of carbonyl (C=O) groups excluding carboxylic acids is 1. The first-order valence-corrected chi connectivity index (χ1v) is 10.5. The van der Waals surface area contributed by atoms with Crippen molar-refractivity contribution in [3.8, 4) is 5.75 Å². The molecule has 32 heavy (non-hydrogen) atoms. The van der Waals surface area contributed by atoms with Crippen LogP contribution in [0, 0.1) is 0 Å². The van der Waals surface area contributed by atoms with Crippen molar-refractivity contribution in [2.24, 2.45) is 0 Å². The van der Waals surface area contributed by atoms with E-state index in [1.165, 1.54) is 6.07 Å². The van der Waals surface area contributed by atoms with Crippen molar-refractivity contribution >= 4 is 11.6 Å². The minimum absolute atomic E-state index is 0.00807. The fraction of sp³-hybridized carbons (Fsp3) is 0.192. The van der Waals surface area contributed by atoms with Crippen molar-refractivity contribution in [3.63, 3.8) is 0 Å². The van der Waals surface area contributed by atoms with Crippen LogP contribution in [0.1, 0.15) is 29.0 Å². The van der Waals surface area contributed by atoms with Crippen LogP contribution in [0.3, 0.4) is 0 Å². The summed E-state index contributed by atoms with van der Waals surface area (Å²) < 4.78 is 11.9. The normalized spacial score (nSPS) is 17.8. The summed E-state index contributed by atoms with van der Waals surface area (Å²) in [6.45, 7) is 0.304. The minimum Gasteiger partial charge on any atom is -0.506 e. The Morgan fingerprint density at radius 2 is 1.66 bits per heavy atom. The zero-order chi connectivity index (χ0) is 22.3. The average Bonchev–Trinajstić information content (AvgIpc) is 2.85. The minimum atomic E-state index is -0.618. The Kier molecular flexibility index (Phi) is 6.84. The van der Waals surface area contributed by atoms with Gasteiger partial charge in [0.1, 0.15) is 5.75 Å². The standard InChI is InChI=1S/C26H25NO5/c28-16-18-10-12-19(13-11-18)17-31-25-15-21(20-6-2-1-3-7-20)14-24(32-25)26(30)27-22-8-4-5-9-23(22)29/h1-14,21,25,28-29H,15-17H2,(H,27,30)/t21-,25+/m1/s1. The van der Waals surface area contributed by atoms with E-state index in [0.29, 0.717) is 18.7 Å². The molecule has 3 N–H and O–H groups in total. The third-order valence-electron chi connectivity index (χ3n) is 5.30. The third-order valence-corrected chi connectivity index (χ3v) is 5.30. The van der Waals surface area contributed by atoms with Crippen LogP contribution in [-0.4, -0.2) is 22.4 Å². The maximum atomic E-state index is 12.9. The lowest BCUT2D eigenvalue weighted by molar-refractivity contribution is -0.147. The molecule has 2 atom stereocenters. The first-order valence-electron chi connectivity index (χ1n) is 10.5.